The molecule has 0 aliphatic rings. The molecule has 0 spiro atoms. The van der Waals surface area contributed by atoms with E-state index in [2.05, 4.69) is 69.4 Å². The molecule has 0 aromatic rings. The molecular formula is C57H100O6. The minimum absolute atomic E-state index is 0.104. The maximum Gasteiger partial charge on any atom is 0.309 e. The lowest BCUT2D eigenvalue weighted by atomic mass is 10.1. The fraction of sp³-hybridized carbons (Fsp3) is 0.772. The van der Waals surface area contributed by atoms with Crippen LogP contribution in [-0.2, 0) is 28.6 Å². The molecule has 0 aliphatic carbocycles. The topological polar surface area (TPSA) is 78.9 Å². The maximum atomic E-state index is 12.8. The summed E-state index contributed by atoms with van der Waals surface area (Å²) in [5.74, 6) is -1.04. The third-order valence-electron chi connectivity index (χ3n) is 11.5. The molecule has 1 unspecified atom stereocenters. The van der Waals surface area contributed by atoms with E-state index < -0.39 is 12.1 Å². The average Bonchev–Trinajstić information content (AvgIpc) is 3.28. The van der Waals surface area contributed by atoms with E-state index >= 15 is 0 Å². The fourth-order valence-electron chi connectivity index (χ4n) is 7.49. The molecule has 0 rings (SSSR count). The van der Waals surface area contributed by atoms with Gasteiger partial charge in [-0.1, -0.05) is 223 Å². The molecule has 0 saturated heterocycles. The largest absolute Gasteiger partial charge is 0.462 e. The van der Waals surface area contributed by atoms with Crippen molar-refractivity contribution >= 4 is 17.9 Å². The van der Waals surface area contributed by atoms with Crippen LogP contribution in [0.5, 0.6) is 0 Å². The van der Waals surface area contributed by atoms with Crippen molar-refractivity contribution in [3.8, 4) is 0 Å². The van der Waals surface area contributed by atoms with Crippen molar-refractivity contribution in [3.05, 3.63) is 60.8 Å². The molecule has 0 saturated carbocycles. The molecule has 0 radical (unpaired) electrons. The van der Waals surface area contributed by atoms with Crippen LogP contribution < -0.4 is 0 Å². The monoisotopic (exact) mass is 881 g/mol. The third kappa shape index (κ3) is 50.0. The van der Waals surface area contributed by atoms with Crippen LogP contribution in [0.15, 0.2) is 60.8 Å². The first-order valence-electron chi connectivity index (χ1n) is 26.8. The Morgan fingerprint density at radius 3 is 1.10 bits per heavy atom. The van der Waals surface area contributed by atoms with Crippen molar-refractivity contribution in [2.24, 2.45) is 0 Å². The summed E-state index contributed by atoms with van der Waals surface area (Å²) in [7, 11) is 0. The molecule has 0 aromatic heterocycles. The first kappa shape index (κ1) is 60.1. The van der Waals surface area contributed by atoms with Crippen LogP contribution in [0, 0.1) is 0 Å². The molecule has 0 fully saturated rings. The van der Waals surface area contributed by atoms with Gasteiger partial charge < -0.3 is 14.2 Å². The zero-order chi connectivity index (χ0) is 45.8. The maximum absolute atomic E-state index is 12.8. The summed E-state index contributed by atoms with van der Waals surface area (Å²) in [6.45, 7) is 6.43. The number of hydrogen-bond donors (Lipinski definition) is 0. The van der Waals surface area contributed by atoms with Crippen LogP contribution in [0.1, 0.15) is 265 Å². The Bertz CT molecular complexity index is 1150. The molecule has 0 heterocycles. The molecule has 0 aromatic carbocycles. The molecule has 6 heteroatoms. The molecular weight excluding hydrogens is 781 g/mol. The highest BCUT2D eigenvalue weighted by molar-refractivity contribution is 5.72. The van der Waals surface area contributed by atoms with Gasteiger partial charge in [0.05, 0.1) is 6.42 Å². The summed E-state index contributed by atoms with van der Waals surface area (Å²) < 4.78 is 16.7. The van der Waals surface area contributed by atoms with Crippen molar-refractivity contribution in [3.63, 3.8) is 0 Å². The second kappa shape index (κ2) is 51.7. The van der Waals surface area contributed by atoms with Gasteiger partial charge in [0.15, 0.2) is 6.10 Å². The normalized spacial score (nSPS) is 12.5. The van der Waals surface area contributed by atoms with Crippen molar-refractivity contribution in [2.45, 2.75) is 271 Å². The second-order valence-electron chi connectivity index (χ2n) is 17.8. The summed E-state index contributed by atoms with van der Waals surface area (Å²) in [5, 5.41) is 0. The predicted molar refractivity (Wildman–Crippen MR) is 270 cm³/mol. The molecule has 63 heavy (non-hydrogen) atoms. The number of hydrogen-bond acceptors (Lipinski definition) is 6. The Balaban J connectivity index is 4.33. The molecule has 6 nitrogen and oxygen atoms in total. The number of rotatable bonds is 48. The average molecular weight is 881 g/mol. The smallest absolute Gasteiger partial charge is 0.309 e. The van der Waals surface area contributed by atoms with Crippen LogP contribution in [0.25, 0.3) is 0 Å². The lowest BCUT2D eigenvalue weighted by Crippen LogP contribution is -2.30. The van der Waals surface area contributed by atoms with Crippen LogP contribution in [0.4, 0.5) is 0 Å². The van der Waals surface area contributed by atoms with Crippen molar-refractivity contribution in [1.29, 1.82) is 0 Å². The zero-order valence-corrected chi connectivity index (χ0v) is 41.6. The summed E-state index contributed by atoms with van der Waals surface area (Å²) in [4.78, 5) is 37.9. The first-order valence-corrected chi connectivity index (χ1v) is 26.8. The molecule has 0 N–H and O–H groups in total. The van der Waals surface area contributed by atoms with E-state index in [0.717, 1.165) is 57.8 Å². The van der Waals surface area contributed by atoms with E-state index in [9.17, 15) is 14.4 Å². The Morgan fingerprint density at radius 2 is 0.683 bits per heavy atom. The van der Waals surface area contributed by atoms with Crippen LogP contribution in [-0.4, -0.2) is 37.2 Å². The number of ether oxygens (including phenoxy) is 3. The van der Waals surface area contributed by atoms with Crippen molar-refractivity contribution in [1.82, 2.24) is 0 Å². The van der Waals surface area contributed by atoms with Gasteiger partial charge >= 0.3 is 17.9 Å². The zero-order valence-electron chi connectivity index (χ0n) is 41.6. The molecule has 0 bridgehead atoms. The second-order valence-corrected chi connectivity index (χ2v) is 17.8. The van der Waals surface area contributed by atoms with Crippen LogP contribution in [0.3, 0.4) is 0 Å². The van der Waals surface area contributed by atoms with Gasteiger partial charge in [-0.25, -0.2) is 0 Å². The highest BCUT2D eigenvalue weighted by Crippen LogP contribution is 2.15. The molecule has 1 atom stereocenters. The Kier molecular flexibility index (Phi) is 49.4. The van der Waals surface area contributed by atoms with Gasteiger partial charge in [-0.15, -0.1) is 0 Å². The third-order valence-corrected chi connectivity index (χ3v) is 11.5. The molecule has 364 valence electrons. The summed E-state index contributed by atoms with van der Waals surface area (Å²) >= 11 is 0. The predicted octanol–water partition coefficient (Wildman–Crippen LogP) is 17.6. The fourth-order valence-corrected chi connectivity index (χ4v) is 7.49. The Morgan fingerprint density at radius 1 is 0.349 bits per heavy atom. The highest BCUT2D eigenvalue weighted by atomic mass is 16.6. The van der Waals surface area contributed by atoms with Gasteiger partial charge in [-0.05, 0) is 83.5 Å². The van der Waals surface area contributed by atoms with Gasteiger partial charge in [0.2, 0.25) is 0 Å². The van der Waals surface area contributed by atoms with Crippen LogP contribution >= 0.6 is 0 Å². The molecule has 0 aliphatic heterocycles. The lowest BCUT2D eigenvalue weighted by Gasteiger charge is -2.18. The van der Waals surface area contributed by atoms with E-state index in [1.807, 2.05) is 6.08 Å². The lowest BCUT2D eigenvalue weighted by molar-refractivity contribution is -0.166. The number of carbonyl (C=O) groups is 3. The van der Waals surface area contributed by atoms with E-state index in [1.165, 1.54) is 167 Å². The number of unbranched alkanes of at least 4 members (excludes halogenated alkanes) is 28. The summed E-state index contributed by atoms with van der Waals surface area (Å²) in [5.41, 5.74) is 0. The van der Waals surface area contributed by atoms with Gasteiger partial charge in [-0.3, -0.25) is 14.4 Å². The Hall–Kier alpha value is -2.89. The minimum Gasteiger partial charge on any atom is -0.462 e. The van der Waals surface area contributed by atoms with Crippen molar-refractivity contribution in [2.75, 3.05) is 13.2 Å². The number of carbonyl (C=O) groups excluding carboxylic acids is 3. The summed E-state index contributed by atoms with van der Waals surface area (Å²) in [6, 6.07) is 0. The van der Waals surface area contributed by atoms with E-state index in [1.54, 1.807) is 6.08 Å². The Labute approximate surface area is 390 Å². The number of esters is 3. The van der Waals surface area contributed by atoms with E-state index in [0.29, 0.717) is 12.8 Å². The highest BCUT2D eigenvalue weighted by Gasteiger charge is 2.19. The molecule has 0 amide bonds. The number of allylic oxidation sites excluding steroid dienone is 9. The first-order chi connectivity index (χ1) is 31.0. The van der Waals surface area contributed by atoms with Gasteiger partial charge in [0.1, 0.15) is 13.2 Å². The van der Waals surface area contributed by atoms with Gasteiger partial charge in [0.25, 0.3) is 0 Å². The van der Waals surface area contributed by atoms with Gasteiger partial charge in [-0.2, -0.15) is 0 Å². The minimum atomic E-state index is -0.812. The SMILES string of the molecule is CC/C=C\C/C=C\C/C=C\CC(=O)OCC(COC(=O)CCCCCCCCC/C=C\CCCCCCCCCC)OC(=O)CCCCCCCCC/C=C\CCCCCCCC. The quantitative estimate of drug-likeness (QED) is 0.0262. The van der Waals surface area contributed by atoms with Crippen LogP contribution in [0.2, 0.25) is 0 Å². The standard InChI is InChI=1S/C57H100O6/c1-4-7-10-13-16-19-21-23-25-27-28-30-31-33-35-38-41-44-47-50-56(59)62-53-54(52-61-55(58)49-46-43-40-37-18-15-12-9-6-3)63-57(60)51-48-45-42-39-36-34-32-29-26-24-22-20-17-14-11-8-5-2/h9,12,18,24,26-28,37,43,46,54H,4-8,10-11,13-17,19-23,25,29-36,38-42,44-45,47-53H2,1-3H3/b12-9-,26-24-,28-27-,37-18-,46-43-. The van der Waals surface area contributed by atoms with Crippen molar-refractivity contribution < 1.29 is 28.6 Å². The van der Waals surface area contributed by atoms with Gasteiger partial charge in [0, 0.05) is 12.8 Å². The van der Waals surface area contributed by atoms with E-state index in [-0.39, 0.29) is 31.6 Å². The summed E-state index contributed by atoms with van der Waals surface area (Å²) in [6.07, 6.45) is 63.9. The van der Waals surface area contributed by atoms with E-state index in [4.69, 9.17) is 14.2 Å².